The van der Waals surface area contributed by atoms with Gasteiger partial charge < -0.3 is 15.0 Å². The Kier molecular flexibility index (Phi) is 5.17. The van der Waals surface area contributed by atoms with Crippen LogP contribution in [-0.2, 0) is 9.53 Å². The van der Waals surface area contributed by atoms with Gasteiger partial charge in [0.25, 0.3) is 0 Å². The van der Waals surface area contributed by atoms with E-state index in [1.165, 1.54) is 51.7 Å². The van der Waals surface area contributed by atoms with Gasteiger partial charge in [0.2, 0.25) is 0 Å². The van der Waals surface area contributed by atoms with Crippen LogP contribution < -0.4 is 10.2 Å². The zero-order valence-electron chi connectivity index (χ0n) is 13.5. The van der Waals surface area contributed by atoms with Gasteiger partial charge in [-0.25, -0.2) is 0 Å². The van der Waals surface area contributed by atoms with Gasteiger partial charge in [0.05, 0.1) is 44.1 Å². The lowest BCUT2D eigenvalue weighted by molar-refractivity contribution is -0.956. The second-order valence-corrected chi connectivity index (χ2v) is 7.22. The van der Waals surface area contributed by atoms with Crippen molar-refractivity contribution in [3.8, 4) is 0 Å². The summed E-state index contributed by atoms with van der Waals surface area (Å²) in [4.78, 5) is 13.4. The monoisotopic (exact) mass is 296 g/mol. The number of nitrogens with one attached hydrogen (secondary N) is 1. The van der Waals surface area contributed by atoms with Gasteiger partial charge in [-0.05, 0) is 39.0 Å². The van der Waals surface area contributed by atoms with Crippen molar-refractivity contribution in [1.82, 2.24) is 0 Å². The molecule has 120 valence electrons. The van der Waals surface area contributed by atoms with Gasteiger partial charge in [0, 0.05) is 12.8 Å². The number of carbonyl (C=O) groups is 1. The summed E-state index contributed by atoms with van der Waals surface area (Å²) >= 11 is 0. The van der Waals surface area contributed by atoms with Gasteiger partial charge >= 0.3 is 5.97 Å². The molecule has 5 atom stereocenters. The lowest BCUT2D eigenvalue weighted by atomic mass is 9.70. The summed E-state index contributed by atoms with van der Waals surface area (Å²) in [6.07, 6.45) is 8.52. The highest BCUT2D eigenvalue weighted by Gasteiger charge is 2.50. The van der Waals surface area contributed by atoms with Crippen molar-refractivity contribution >= 4 is 5.97 Å². The minimum Gasteiger partial charge on any atom is -0.466 e. The molecule has 3 heterocycles. The first-order chi connectivity index (χ1) is 10.3. The number of rotatable bonds is 5. The van der Waals surface area contributed by atoms with E-state index in [0.717, 1.165) is 30.3 Å². The molecule has 0 aliphatic carbocycles. The van der Waals surface area contributed by atoms with Gasteiger partial charge in [-0.1, -0.05) is 0 Å². The largest absolute Gasteiger partial charge is 0.466 e. The molecule has 3 N–H and O–H groups in total. The van der Waals surface area contributed by atoms with E-state index in [2.05, 4.69) is 5.32 Å². The summed E-state index contributed by atoms with van der Waals surface area (Å²) in [5.74, 6) is 1.84. The van der Waals surface area contributed by atoms with Crippen LogP contribution in [0.2, 0.25) is 0 Å². The first-order valence-electron chi connectivity index (χ1n) is 9.13. The standard InChI is InChI=1S/C17H30N2O2/c1-2-21-16(20)9-3-8-15-14-7-5-11-19-10-4-6-13(12-18-15)17(14)19/h13-15,17-18H,2-12H2,1H3/p+2/t13-,14-,15-,17+/m1/s1. The average molecular weight is 296 g/mol. The molecule has 4 heteroatoms. The Morgan fingerprint density at radius 2 is 2.10 bits per heavy atom. The van der Waals surface area contributed by atoms with E-state index in [1.807, 2.05) is 11.8 Å². The predicted molar refractivity (Wildman–Crippen MR) is 81.0 cm³/mol. The lowest BCUT2D eigenvalue weighted by Crippen LogP contribution is -3.22. The fraction of sp³-hybridized carbons (Fsp3) is 0.941. The van der Waals surface area contributed by atoms with Crippen molar-refractivity contribution in [2.24, 2.45) is 11.8 Å². The molecule has 0 aromatic heterocycles. The second-order valence-electron chi connectivity index (χ2n) is 7.22. The number of quaternary nitrogens is 2. The van der Waals surface area contributed by atoms with Crippen molar-refractivity contribution in [1.29, 1.82) is 0 Å². The predicted octanol–water partition coefficient (Wildman–Crippen LogP) is -0.261. The van der Waals surface area contributed by atoms with Crippen LogP contribution in [-0.4, -0.2) is 44.3 Å². The van der Waals surface area contributed by atoms with Gasteiger partial charge in [-0.15, -0.1) is 0 Å². The molecular formula is C17H32N2O2+2. The van der Waals surface area contributed by atoms with Gasteiger partial charge in [-0.3, -0.25) is 4.79 Å². The summed E-state index contributed by atoms with van der Waals surface area (Å²) in [6.45, 7) is 6.55. The zero-order chi connectivity index (χ0) is 14.7. The molecule has 0 saturated carbocycles. The maximum absolute atomic E-state index is 11.5. The topological polar surface area (TPSA) is 47.3 Å². The summed E-state index contributed by atoms with van der Waals surface area (Å²) in [5, 5.41) is 2.62. The minimum atomic E-state index is -0.0141. The molecule has 0 amide bonds. The lowest BCUT2D eigenvalue weighted by Gasteiger charge is -2.49. The van der Waals surface area contributed by atoms with Crippen LogP contribution in [0.5, 0.6) is 0 Å². The molecule has 0 radical (unpaired) electrons. The average Bonchev–Trinajstić information content (AvgIpc) is 2.50. The fourth-order valence-electron chi connectivity index (χ4n) is 5.28. The fourth-order valence-corrected chi connectivity index (χ4v) is 5.28. The van der Waals surface area contributed by atoms with Crippen LogP contribution in [0.3, 0.4) is 0 Å². The van der Waals surface area contributed by atoms with Crippen molar-refractivity contribution in [3.05, 3.63) is 0 Å². The van der Waals surface area contributed by atoms with Crippen molar-refractivity contribution in [2.75, 3.05) is 26.2 Å². The van der Waals surface area contributed by atoms with Crippen LogP contribution in [0.15, 0.2) is 0 Å². The highest BCUT2D eigenvalue weighted by Crippen LogP contribution is 2.29. The van der Waals surface area contributed by atoms with Crippen LogP contribution in [0, 0.1) is 11.8 Å². The molecule has 4 nitrogen and oxygen atoms in total. The summed E-state index contributed by atoms with van der Waals surface area (Å²) in [6, 6.07) is 1.69. The summed E-state index contributed by atoms with van der Waals surface area (Å²) in [7, 11) is 0. The molecule has 1 unspecified atom stereocenters. The van der Waals surface area contributed by atoms with Crippen molar-refractivity contribution < 1.29 is 19.7 Å². The maximum Gasteiger partial charge on any atom is 0.305 e. The molecule has 3 aliphatic heterocycles. The van der Waals surface area contributed by atoms with E-state index in [-0.39, 0.29) is 5.97 Å². The number of hydrogen-bond acceptors (Lipinski definition) is 2. The third-order valence-electron chi connectivity index (χ3n) is 6.06. The Balaban J connectivity index is 1.53. The molecular weight excluding hydrogens is 264 g/mol. The summed E-state index contributed by atoms with van der Waals surface area (Å²) < 4.78 is 5.05. The van der Waals surface area contributed by atoms with E-state index >= 15 is 0 Å². The smallest absolute Gasteiger partial charge is 0.305 e. The van der Waals surface area contributed by atoms with Crippen molar-refractivity contribution in [3.63, 3.8) is 0 Å². The quantitative estimate of drug-likeness (QED) is 0.687. The number of piperidine rings is 3. The first kappa shape index (κ1) is 15.3. The van der Waals surface area contributed by atoms with E-state index in [4.69, 9.17) is 4.74 Å². The number of carbonyl (C=O) groups excluding carboxylic acids is 1. The molecule has 3 rings (SSSR count). The highest BCUT2D eigenvalue weighted by atomic mass is 16.5. The molecule has 0 aromatic carbocycles. The number of hydrogen-bond donors (Lipinski definition) is 2. The Morgan fingerprint density at radius 3 is 2.90 bits per heavy atom. The molecule has 3 fully saturated rings. The number of nitrogens with two attached hydrogens (primary N) is 1. The van der Waals surface area contributed by atoms with E-state index < -0.39 is 0 Å². The third-order valence-corrected chi connectivity index (χ3v) is 6.06. The second kappa shape index (κ2) is 7.10. The van der Waals surface area contributed by atoms with Gasteiger partial charge in [0.1, 0.15) is 6.04 Å². The number of ether oxygens (including phenoxy) is 1. The van der Waals surface area contributed by atoms with Crippen LogP contribution in [0.4, 0.5) is 0 Å². The Labute approximate surface area is 128 Å². The number of esters is 1. The summed E-state index contributed by atoms with van der Waals surface area (Å²) in [5.41, 5.74) is 0. The van der Waals surface area contributed by atoms with Gasteiger partial charge in [-0.2, -0.15) is 0 Å². The highest BCUT2D eigenvalue weighted by molar-refractivity contribution is 5.69. The SMILES string of the molecule is CCOC(=O)CCC[C@H]1[NH2+]C[C@H]2CCC[NH+]3CCC[C@H]1[C@H]23. The third kappa shape index (κ3) is 3.42. The van der Waals surface area contributed by atoms with E-state index in [1.54, 1.807) is 0 Å². The molecule has 0 aromatic rings. The van der Waals surface area contributed by atoms with Crippen LogP contribution >= 0.6 is 0 Å². The van der Waals surface area contributed by atoms with Crippen LogP contribution in [0.25, 0.3) is 0 Å². The zero-order valence-corrected chi connectivity index (χ0v) is 13.5. The maximum atomic E-state index is 11.5. The molecule has 0 bridgehead atoms. The molecule has 0 spiro atoms. The van der Waals surface area contributed by atoms with Crippen LogP contribution in [0.1, 0.15) is 51.9 Å². The first-order valence-corrected chi connectivity index (χ1v) is 9.13. The van der Waals surface area contributed by atoms with Crippen molar-refractivity contribution in [2.45, 2.75) is 64.0 Å². The molecule has 3 saturated heterocycles. The Morgan fingerprint density at radius 1 is 1.29 bits per heavy atom. The van der Waals surface area contributed by atoms with Gasteiger partial charge in [0.15, 0.2) is 0 Å². The molecule has 21 heavy (non-hydrogen) atoms. The van der Waals surface area contributed by atoms with E-state index in [0.29, 0.717) is 13.0 Å². The molecule has 3 aliphatic rings. The minimum absolute atomic E-state index is 0.0141. The Hall–Kier alpha value is -0.610. The normalized spacial score (nSPS) is 38.6. The Bertz CT molecular complexity index is 352. The van der Waals surface area contributed by atoms with E-state index in [9.17, 15) is 4.79 Å².